The van der Waals surface area contributed by atoms with E-state index in [0.717, 1.165) is 16.3 Å². The molecule has 0 saturated carbocycles. The number of benzene rings is 2. The van der Waals surface area contributed by atoms with E-state index < -0.39 is 11.7 Å². The molecular formula is C26H28N4O4. The van der Waals surface area contributed by atoms with Gasteiger partial charge in [0.2, 0.25) is 0 Å². The number of hydrogen-bond donors (Lipinski definition) is 1. The largest absolute Gasteiger partial charge is 0.444 e. The molecule has 0 spiro atoms. The number of piperidine rings is 1. The normalized spacial score (nSPS) is 15.1. The van der Waals surface area contributed by atoms with Crippen LogP contribution < -0.4 is 5.32 Å². The number of amides is 2. The number of carbonyl (C=O) groups is 2. The average Bonchev–Trinajstić information content (AvgIpc) is 3.39. The van der Waals surface area contributed by atoms with Crippen LogP contribution in [0.4, 0.5) is 4.79 Å². The van der Waals surface area contributed by atoms with E-state index in [0.29, 0.717) is 43.2 Å². The number of rotatable bonds is 3. The number of hydrogen-bond acceptors (Lipinski definition) is 5. The Morgan fingerprint density at radius 1 is 1.09 bits per heavy atom. The average molecular weight is 461 g/mol. The number of carbonyl (C=O) groups excluding carboxylic acids is 2. The van der Waals surface area contributed by atoms with E-state index in [2.05, 4.69) is 16.4 Å². The van der Waals surface area contributed by atoms with Crippen LogP contribution in [-0.4, -0.2) is 51.0 Å². The van der Waals surface area contributed by atoms with Gasteiger partial charge in [-0.1, -0.05) is 36.4 Å². The summed E-state index contributed by atoms with van der Waals surface area (Å²) in [6.45, 7) is 6.57. The first kappa shape index (κ1) is 22.0. The van der Waals surface area contributed by atoms with Crippen LogP contribution in [0.15, 0.2) is 59.3 Å². The molecule has 0 radical (unpaired) electrons. The molecule has 0 aliphatic carbocycles. The molecule has 1 N–H and O–H groups in total. The van der Waals surface area contributed by atoms with Crippen molar-refractivity contribution in [3.05, 3.63) is 60.6 Å². The Bertz CT molecular complexity index is 1360. The fourth-order valence-corrected chi connectivity index (χ4v) is 4.38. The van der Waals surface area contributed by atoms with Gasteiger partial charge in [-0.3, -0.25) is 9.20 Å². The van der Waals surface area contributed by atoms with Crippen molar-refractivity contribution in [1.29, 1.82) is 0 Å². The van der Waals surface area contributed by atoms with Crippen molar-refractivity contribution in [3.8, 4) is 11.3 Å². The van der Waals surface area contributed by atoms with Gasteiger partial charge in [-0.25, -0.2) is 4.79 Å². The van der Waals surface area contributed by atoms with Gasteiger partial charge >= 0.3 is 11.9 Å². The molecule has 0 bridgehead atoms. The Kier molecular flexibility index (Phi) is 5.51. The Morgan fingerprint density at radius 3 is 2.56 bits per heavy atom. The van der Waals surface area contributed by atoms with Crippen LogP contribution >= 0.6 is 0 Å². The molecule has 3 heterocycles. The minimum absolute atomic E-state index is 0.0294. The monoisotopic (exact) mass is 460 g/mol. The molecule has 4 aromatic rings. The highest BCUT2D eigenvalue weighted by Gasteiger charge is 2.30. The van der Waals surface area contributed by atoms with Gasteiger partial charge in [0.25, 0.3) is 5.91 Å². The predicted octanol–water partition coefficient (Wildman–Crippen LogP) is 4.88. The molecule has 2 aromatic carbocycles. The minimum atomic E-state index is -0.544. The smallest absolute Gasteiger partial charge is 0.407 e. The number of alkyl carbamates (subject to hydrolysis) is 1. The zero-order chi connectivity index (χ0) is 23.9. The summed E-state index contributed by atoms with van der Waals surface area (Å²) in [4.78, 5) is 32.2. The maximum absolute atomic E-state index is 13.7. The SMILES string of the molecule is CC(C)(C)OC(=O)NC1CCN(C(=O)c2c(-c3ccc4ccccc4c3)nc3occn23)CC1. The van der Waals surface area contributed by atoms with Gasteiger partial charge in [0.15, 0.2) is 0 Å². The van der Waals surface area contributed by atoms with E-state index >= 15 is 0 Å². The number of likely N-dealkylation sites (tertiary alicyclic amines) is 1. The van der Waals surface area contributed by atoms with Crippen LogP contribution in [0.2, 0.25) is 0 Å². The summed E-state index contributed by atoms with van der Waals surface area (Å²) in [5, 5.41) is 5.12. The lowest BCUT2D eigenvalue weighted by molar-refractivity contribution is 0.0473. The highest BCUT2D eigenvalue weighted by atomic mass is 16.6. The van der Waals surface area contributed by atoms with Gasteiger partial charge < -0.3 is 19.4 Å². The van der Waals surface area contributed by atoms with Gasteiger partial charge in [-0.2, -0.15) is 4.98 Å². The molecule has 2 amide bonds. The maximum Gasteiger partial charge on any atom is 0.407 e. The first-order chi connectivity index (χ1) is 16.3. The van der Waals surface area contributed by atoms with Crippen LogP contribution in [0.25, 0.3) is 27.9 Å². The Morgan fingerprint density at radius 2 is 1.82 bits per heavy atom. The molecule has 1 saturated heterocycles. The summed E-state index contributed by atoms with van der Waals surface area (Å²) >= 11 is 0. The number of nitrogens with one attached hydrogen (secondary N) is 1. The molecule has 0 unspecified atom stereocenters. The second-order valence-electron chi connectivity index (χ2n) is 9.64. The van der Waals surface area contributed by atoms with E-state index in [1.165, 1.54) is 6.26 Å². The third kappa shape index (κ3) is 4.35. The number of oxazole rings is 1. The van der Waals surface area contributed by atoms with Crippen molar-refractivity contribution in [2.75, 3.05) is 13.1 Å². The van der Waals surface area contributed by atoms with Crippen LogP contribution in [0.3, 0.4) is 0 Å². The zero-order valence-corrected chi connectivity index (χ0v) is 19.6. The number of imidazole rings is 1. The van der Waals surface area contributed by atoms with Gasteiger partial charge in [0.1, 0.15) is 23.3 Å². The lowest BCUT2D eigenvalue weighted by atomic mass is 10.0. The van der Waals surface area contributed by atoms with E-state index in [9.17, 15) is 9.59 Å². The zero-order valence-electron chi connectivity index (χ0n) is 19.6. The number of fused-ring (bicyclic) bond motifs is 2. The molecule has 1 fully saturated rings. The number of ether oxygens (including phenoxy) is 1. The van der Waals surface area contributed by atoms with E-state index in [1.807, 2.05) is 62.1 Å². The van der Waals surface area contributed by atoms with Crippen molar-refractivity contribution >= 4 is 28.6 Å². The Hall–Kier alpha value is -3.81. The fraction of sp³-hybridized carbons (Fsp3) is 0.346. The fourth-order valence-electron chi connectivity index (χ4n) is 4.38. The third-order valence-corrected chi connectivity index (χ3v) is 5.99. The molecule has 8 heteroatoms. The molecule has 0 atom stereocenters. The topological polar surface area (TPSA) is 89.1 Å². The van der Waals surface area contributed by atoms with E-state index in [4.69, 9.17) is 9.15 Å². The highest BCUT2D eigenvalue weighted by Crippen LogP contribution is 2.29. The van der Waals surface area contributed by atoms with Gasteiger partial charge in [-0.15, -0.1) is 0 Å². The lowest BCUT2D eigenvalue weighted by Gasteiger charge is -2.32. The lowest BCUT2D eigenvalue weighted by Crippen LogP contribution is -2.47. The van der Waals surface area contributed by atoms with E-state index in [1.54, 1.807) is 10.6 Å². The van der Waals surface area contributed by atoms with Gasteiger partial charge in [-0.05, 0) is 50.5 Å². The van der Waals surface area contributed by atoms with Crippen LogP contribution in [0, 0.1) is 0 Å². The molecule has 2 aromatic heterocycles. The van der Waals surface area contributed by atoms with Crippen LogP contribution in [0.1, 0.15) is 44.1 Å². The maximum atomic E-state index is 13.7. The van der Waals surface area contributed by atoms with Crippen molar-refractivity contribution in [3.63, 3.8) is 0 Å². The van der Waals surface area contributed by atoms with Crippen LogP contribution in [0.5, 0.6) is 0 Å². The summed E-state index contributed by atoms with van der Waals surface area (Å²) in [6, 6.07) is 14.1. The predicted molar refractivity (Wildman–Crippen MR) is 129 cm³/mol. The molecule has 1 aliphatic rings. The standard InChI is InChI=1S/C26H28N4O4/c1-26(2,3)34-25(32)27-20-10-12-29(13-11-20)23(31)22-21(28-24-30(22)14-15-33-24)19-9-8-17-6-4-5-7-18(17)16-19/h4-9,14-16,20H,10-13H2,1-3H3,(H,27,32). The first-order valence-electron chi connectivity index (χ1n) is 11.5. The van der Waals surface area contributed by atoms with Crippen molar-refractivity contribution in [2.24, 2.45) is 0 Å². The van der Waals surface area contributed by atoms with E-state index in [-0.39, 0.29) is 11.9 Å². The Balaban J connectivity index is 1.37. The molecule has 34 heavy (non-hydrogen) atoms. The molecule has 5 rings (SSSR count). The second kappa shape index (κ2) is 8.52. The minimum Gasteiger partial charge on any atom is -0.444 e. The summed E-state index contributed by atoms with van der Waals surface area (Å²) in [7, 11) is 0. The summed E-state index contributed by atoms with van der Waals surface area (Å²) in [5.74, 6) is 0.278. The quantitative estimate of drug-likeness (QED) is 0.471. The second-order valence-corrected chi connectivity index (χ2v) is 9.64. The van der Waals surface area contributed by atoms with Crippen LogP contribution in [-0.2, 0) is 4.74 Å². The Labute approximate surface area is 197 Å². The molecular weight excluding hydrogens is 432 g/mol. The molecule has 176 valence electrons. The van der Waals surface area contributed by atoms with Gasteiger partial charge in [0, 0.05) is 30.9 Å². The van der Waals surface area contributed by atoms with Crippen molar-refractivity contribution in [1.82, 2.24) is 19.6 Å². The van der Waals surface area contributed by atoms with Crippen molar-refractivity contribution < 1.29 is 18.7 Å². The molecule has 1 aliphatic heterocycles. The summed E-state index contributed by atoms with van der Waals surface area (Å²) in [6.07, 6.45) is 4.14. The first-order valence-corrected chi connectivity index (χ1v) is 11.5. The summed E-state index contributed by atoms with van der Waals surface area (Å²) < 4.78 is 12.6. The summed E-state index contributed by atoms with van der Waals surface area (Å²) in [5.41, 5.74) is 1.40. The molecule has 8 nitrogen and oxygen atoms in total. The van der Waals surface area contributed by atoms with Crippen molar-refractivity contribution in [2.45, 2.75) is 45.3 Å². The highest BCUT2D eigenvalue weighted by molar-refractivity contribution is 6.00. The number of nitrogens with zero attached hydrogens (tertiary/aromatic N) is 3. The number of aromatic nitrogens is 2. The third-order valence-electron chi connectivity index (χ3n) is 5.99. The van der Waals surface area contributed by atoms with Gasteiger partial charge in [0.05, 0.1) is 0 Å².